The molecule has 0 atom stereocenters. The van der Waals surface area contributed by atoms with Gasteiger partial charge in [-0.15, -0.1) is 0 Å². The van der Waals surface area contributed by atoms with Gasteiger partial charge in [-0.1, -0.05) is 37.6 Å². The number of carbonyl (C=O) groups is 1. The molecule has 0 saturated carbocycles. The molecule has 0 fully saturated rings. The Morgan fingerprint density at radius 1 is 1.20 bits per heavy atom. The van der Waals surface area contributed by atoms with E-state index < -0.39 is 5.97 Å². The quantitative estimate of drug-likeness (QED) is 0.776. The molecule has 0 spiro atoms. The number of aryl methyl sites for hydroxylation is 2. The third-order valence-electron chi connectivity index (χ3n) is 2.47. The number of carboxylic acids is 1. The monoisotopic (exact) mass is 206 g/mol. The Morgan fingerprint density at radius 3 is 2.33 bits per heavy atom. The van der Waals surface area contributed by atoms with Crippen LogP contribution in [0.2, 0.25) is 0 Å². The van der Waals surface area contributed by atoms with Gasteiger partial charge in [-0.05, 0) is 30.4 Å². The van der Waals surface area contributed by atoms with Crippen molar-refractivity contribution in [3.8, 4) is 0 Å². The summed E-state index contributed by atoms with van der Waals surface area (Å²) in [6, 6.07) is 8.31. The molecule has 0 aliphatic heterocycles. The van der Waals surface area contributed by atoms with Crippen molar-refractivity contribution in [2.45, 2.75) is 39.0 Å². The van der Waals surface area contributed by atoms with Crippen LogP contribution in [0, 0.1) is 0 Å². The molecule has 1 rings (SSSR count). The molecule has 0 amide bonds. The Kier molecular flexibility index (Phi) is 4.88. The summed E-state index contributed by atoms with van der Waals surface area (Å²) >= 11 is 0. The predicted octanol–water partition coefficient (Wildman–Crippen LogP) is 3.05. The van der Waals surface area contributed by atoms with Gasteiger partial charge in [-0.2, -0.15) is 0 Å². The van der Waals surface area contributed by atoms with Crippen molar-refractivity contribution >= 4 is 5.97 Å². The minimum absolute atomic E-state index is 0.264. The summed E-state index contributed by atoms with van der Waals surface area (Å²) in [4.78, 5) is 10.4. The fourth-order valence-electron chi connectivity index (χ4n) is 1.74. The van der Waals surface area contributed by atoms with E-state index in [1.165, 1.54) is 11.1 Å². The topological polar surface area (TPSA) is 37.3 Å². The zero-order valence-corrected chi connectivity index (χ0v) is 9.20. The second-order valence-electron chi connectivity index (χ2n) is 3.77. The first kappa shape index (κ1) is 11.8. The van der Waals surface area contributed by atoms with Crippen molar-refractivity contribution in [3.05, 3.63) is 35.4 Å². The number of carboxylic acid groups (broad SMARTS) is 1. The first-order valence-electron chi connectivity index (χ1n) is 5.52. The Balaban J connectivity index is 2.55. The number of hydrogen-bond acceptors (Lipinski definition) is 1. The molecule has 1 aromatic carbocycles. The van der Waals surface area contributed by atoms with E-state index in [0.717, 1.165) is 25.7 Å². The van der Waals surface area contributed by atoms with Crippen LogP contribution in [0.3, 0.4) is 0 Å². The minimum atomic E-state index is -0.706. The molecule has 1 N–H and O–H groups in total. The van der Waals surface area contributed by atoms with Crippen LogP contribution in [-0.2, 0) is 17.6 Å². The molecule has 0 aromatic heterocycles. The lowest BCUT2D eigenvalue weighted by Crippen LogP contribution is -1.98. The Morgan fingerprint density at radius 2 is 1.80 bits per heavy atom. The molecule has 0 aliphatic carbocycles. The standard InChI is InChI=1S/C13H18O2/c1-2-6-11-7-3-4-8-12(11)9-5-10-13(14)15/h3-4,7-8H,2,5-6,9-10H2,1H3,(H,14,15). The van der Waals surface area contributed by atoms with Crippen molar-refractivity contribution in [2.24, 2.45) is 0 Å². The lowest BCUT2D eigenvalue weighted by Gasteiger charge is -2.07. The van der Waals surface area contributed by atoms with Crippen molar-refractivity contribution in [1.29, 1.82) is 0 Å². The molecule has 2 nitrogen and oxygen atoms in total. The van der Waals surface area contributed by atoms with Gasteiger partial charge in [0.1, 0.15) is 0 Å². The third-order valence-corrected chi connectivity index (χ3v) is 2.47. The van der Waals surface area contributed by atoms with Gasteiger partial charge in [0, 0.05) is 6.42 Å². The van der Waals surface area contributed by atoms with Gasteiger partial charge < -0.3 is 5.11 Å². The number of benzene rings is 1. The van der Waals surface area contributed by atoms with Gasteiger partial charge in [-0.25, -0.2) is 0 Å². The first-order valence-corrected chi connectivity index (χ1v) is 5.52. The molecule has 82 valence electrons. The van der Waals surface area contributed by atoms with E-state index in [9.17, 15) is 4.79 Å². The highest BCUT2D eigenvalue weighted by molar-refractivity contribution is 5.66. The van der Waals surface area contributed by atoms with Crippen molar-refractivity contribution in [1.82, 2.24) is 0 Å². The van der Waals surface area contributed by atoms with Gasteiger partial charge in [0.15, 0.2) is 0 Å². The minimum Gasteiger partial charge on any atom is -0.481 e. The van der Waals surface area contributed by atoms with Crippen LogP contribution in [0.15, 0.2) is 24.3 Å². The zero-order valence-electron chi connectivity index (χ0n) is 9.20. The lowest BCUT2D eigenvalue weighted by molar-refractivity contribution is -0.137. The SMILES string of the molecule is CCCc1ccccc1CCCC(=O)O. The smallest absolute Gasteiger partial charge is 0.303 e. The van der Waals surface area contributed by atoms with Crippen LogP contribution in [-0.4, -0.2) is 11.1 Å². The third kappa shape index (κ3) is 4.15. The number of hydrogen-bond donors (Lipinski definition) is 1. The normalized spacial score (nSPS) is 10.2. The molecule has 0 unspecified atom stereocenters. The highest BCUT2D eigenvalue weighted by Crippen LogP contribution is 2.13. The van der Waals surface area contributed by atoms with E-state index in [0.29, 0.717) is 0 Å². The average molecular weight is 206 g/mol. The number of rotatable bonds is 6. The molecule has 1 aromatic rings. The predicted molar refractivity (Wildman–Crippen MR) is 61.0 cm³/mol. The van der Waals surface area contributed by atoms with E-state index in [2.05, 4.69) is 19.1 Å². The maximum absolute atomic E-state index is 10.4. The van der Waals surface area contributed by atoms with Crippen molar-refractivity contribution < 1.29 is 9.90 Å². The molecular weight excluding hydrogens is 188 g/mol. The molecule has 2 heteroatoms. The van der Waals surface area contributed by atoms with Crippen molar-refractivity contribution in [3.63, 3.8) is 0 Å². The summed E-state index contributed by atoms with van der Waals surface area (Å²) in [5.74, 6) is -0.706. The molecule has 0 radical (unpaired) electrons. The van der Waals surface area contributed by atoms with Crippen molar-refractivity contribution in [2.75, 3.05) is 0 Å². The van der Waals surface area contributed by atoms with E-state index in [-0.39, 0.29) is 6.42 Å². The van der Waals surface area contributed by atoms with Crippen LogP contribution in [0.25, 0.3) is 0 Å². The summed E-state index contributed by atoms with van der Waals surface area (Å²) in [5, 5.41) is 8.56. The second-order valence-corrected chi connectivity index (χ2v) is 3.77. The molecular formula is C13H18O2. The van der Waals surface area contributed by atoms with Gasteiger partial charge in [-0.3, -0.25) is 4.79 Å². The summed E-state index contributed by atoms with van der Waals surface area (Å²) in [6.07, 6.45) is 4.10. The average Bonchev–Trinajstić information content (AvgIpc) is 2.20. The highest BCUT2D eigenvalue weighted by Gasteiger charge is 2.02. The van der Waals surface area contributed by atoms with E-state index in [1.807, 2.05) is 12.1 Å². The second kappa shape index (κ2) is 6.23. The largest absolute Gasteiger partial charge is 0.481 e. The summed E-state index contributed by atoms with van der Waals surface area (Å²) < 4.78 is 0. The maximum atomic E-state index is 10.4. The fraction of sp³-hybridized carbons (Fsp3) is 0.462. The van der Waals surface area contributed by atoms with Crippen LogP contribution < -0.4 is 0 Å². The fourth-order valence-corrected chi connectivity index (χ4v) is 1.74. The molecule has 0 heterocycles. The number of aliphatic carboxylic acids is 1. The Hall–Kier alpha value is -1.31. The molecule has 0 aliphatic rings. The van der Waals surface area contributed by atoms with E-state index in [1.54, 1.807) is 0 Å². The van der Waals surface area contributed by atoms with Gasteiger partial charge >= 0.3 is 5.97 Å². The van der Waals surface area contributed by atoms with Gasteiger partial charge in [0.25, 0.3) is 0 Å². The van der Waals surface area contributed by atoms with E-state index >= 15 is 0 Å². The zero-order chi connectivity index (χ0) is 11.1. The maximum Gasteiger partial charge on any atom is 0.303 e. The molecule has 15 heavy (non-hydrogen) atoms. The van der Waals surface area contributed by atoms with Crippen LogP contribution in [0.1, 0.15) is 37.3 Å². The first-order chi connectivity index (χ1) is 7.24. The lowest BCUT2D eigenvalue weighted by atomic mass is 9.99. The van der Waals surface area contributed by atoms with Gasteiger partial charge in [0.2, 0.25) is 0 Å². The van der Waals surface area contributed by atoms with Crippen LogP contribution >= 0.6 is 0 Å². The summed E-state index contributed by atoms with van der Waals surface area (Å²) in [6.45, 7) is 2.16. The molecule has 0 saturated heterocycles. The summed E-state index contributed by atoms with van der Waals surface area (Å²) in [5.41, 5.74) is 2.67. The van der Waals surface area contributed by atoms with E-state index in [4.69, 9.17) is 5.11 Å². The summed E-state index contributed by atoms with van der Waals surface area (Å²) in [7, 11) is 0. The highest BCUT2D eigenvalue weighted by atomic mass is 16.4. The Bertz CT molecular complexity index is 318. The van der Waals surface area contributed by atoms with Gasteiger partial charge in [0.05, 0.1) is 0 Å². The molecule has 0 bridgehead atoms. The van der Waals surface area contributed by atoms with Crippen LogP contribution in [0.4, 0.5) is 0 Å². The van der Waals surface area contributed by atoms with Crippen LogP contribution in [0.5, 0.6) is 0 Å². The Labute approximate surface area is 90.9 Å².